The fourth-order valence-corrected chi connectivity index (χ4v) is 3.31. The third kappa shape index (κ3) is 4.00. The van der Waals surface area contributed by atoms with E-state index in [2.05, 4.69) is 51.3 Å². The van der Waals surface area contributed by atoms with Gasteiger partial charge in [-0.25, -0.2) is 9.67 Å². The number of guanidine groups is 1. The lowest BCUT2D eigenvalue weighted by Crippen LogP contribution is -2.40. The number of hydrogen-bond acceptors (Lipinski definition) is 3. The molecule has 1 saturated heterocycles. The van der Waals surface area contributed by atoms with Gasteiger partial charge in [0.1, 0.15) is 0 Å². The van der Waals surface area contributed by atoms with Crippen LogP contribution in [-0.2, 0) is 6.54 Å². The summed E-state index contributed by atoms with van der Waals surface area (Å²) in [6.07, 6.45) is 3.10. The number of rotatable bonds is 3. The summed E-state index contributed by atoms with van der Waals surface area (Å²) >= 11 is 0. The predicted molar refractivity (Wildman–Crippen MR) is 101 cm³/mol. The van der Waals surface area contributed by atoms with Crippen molar-refractivity contribution in [2.45, 2.75) is 40.7 Å². The van der Waals surface area contributed by atoms with E-state index in [-0.39, 0.29) is 0 Å². The van der Waals surface area contributed by atoms with Gasteiger partial charge in [0.15, 0.2) is 11.8 Å². The van der Waals surface area contributed by atoms with Crippen LogP contribution < -0.4 is 5.32 Å². The van der Waals surface area contributed by atoms with Gasteiger partial charge < -0.3 is 10.2 Å². The van der Waals surface area contributed by atoms with E-state index in [1.807, 2.05) is 37.8 Å². The minimum absolute atomic E-state index is 0.362. The second-order valence-electron chi connectivity index (χ2n) is 7.60. The maximum atomic E-state index is 4.55. The molecule has 1 aliphatic rings. The lowest BCUT2D eigenvalue weighted by molar-refractivity contribution is 0.370. The largest absolute Gasteiger partial charge is 0.352 e. The molecular weight excluding hydrogens is 312 g/mol. The Morgan fingerprint density at radius 2 is 2.12 bits per heavy atom. The number of nitrogens with one attached hydrogen (secondary N) is 1. The first kappa shape index (κ1) is 17.5. The second-order valence-corrected chi connectivity index (χ2v) is 7.60. The van der Waals surface area contributed by atoms with Crippen LogP contribution in [0.4, 0.5) is 0 Å². The highest BCUT2D eigenvalue weighted by Crippen LogP contribution is 2.28. The monoisotopic (exact) mass is 340 g/mol. The lowest BCUT2D eigenvalue weighted by Gasteiger charge is -2.23. The zero-order chi connectivity index (χ0) is 18.0. The Morgan fingerprint density at radius 1 is 1.32 bits per heavy atom. The van der Waals surface area contributed by atoms with Gasteiger partial charge in [-0.1, -0.05) is 19.9 Å². The van der Waals surface area contributed by atoms with Gasteiger partial charge in [0, 0.05) is 38.6 Å². The van der Waals surface area contributed by atoms with Gasteiger partial charge in [-0.3, -0.25) is 4.99 Å². The van der Waals surface area contributed by atoms with Gasteiger partial charge in [0.25, 0.3) is 0 Å². The van der Waals surface area contributed by atoms with Crippen LogP contribution in [0.3, 0.4) is 0 Å². The van der Waals surface area contributed by atoms with Gasteiger partial charge in [-0.2, -0.15) is 5.10 Å². The number of likely N-dealkylation sites (tertiary alicyclic amines) is 1. The molecule has 3 rings (SSSR count). The summed E-state index contributed by atoms with van der Waals surface area (Å²) in [5.41, 5.74) is 3.58. The number of nitrogens with zero attached hydrogens (tertiary/aromatic N) is 5. The molecule has 2 aromatic rings. The number of aliphatic imine (C=N–C) groups is 1. The molecule has 0 amide bonds. The molecule has 0 spiro atoms. The molecule has 1 N–H and O–H groups in total. The standard InChI is InChI=1S/C19H28N6/c1-14-10-15(2)25(23-14)17-7-6-16(11-21-17)12-22-18(20-5)24-9-8-19(3,4)13-24/h6-7,10-11H,8-9,12-13H2,1-5H3,(H,20,22). The molecule has 0 bridgehead atoms. The van der Waals surface area contributed by atoms with E-state index in [4.69, 9.17) is 0 Å². The van der Waals surface area contributed by atoms with Crippen molar-refractivity contribution < 1.29 is 0 Å². The van der Waals surface area contributed by atoms with Crippen LogP contribution in [0, 0.1) is 19.3 Å². The van der Waals surface area contributed by atoms with Crippen LogP contribution in [0.5, 0.6) is 0 Å². The molecule has 0 saturated carbocycles. The Balaban J connectivity index is 1.63. The first-order valence-corrected chi connectivity index (χ1v) is 8.82. The van der Waals surface area contributed by atoms with E-state index >= 15 is 0 Å². The molecule has 6 nitrogen and oxygen atoms in total. The minimum Gasteiger partial charge on any atom is -0.352 e. The fourth-order valence-electron chi connectivity index (χ4n) is 3.31. The summed E-state index contributed by atoms with van der Waals surface area (Å²) in [5.74, 6) is 1.81. The summed E-state index contributed by atoms with van der Waals surface area (Å²) in [6, 6.07) is 6.16. The first-order chi connectivity index (χ1) is 11.9. The van der Waals surface area contributed by atoms with Crippen molar-refractivity contribution in [2.75, 3.05) is 20.1 Å². The molecule has 0 atom stereocenters. The Morgan fingerprint density at radius 3 is 2.64 bits per heavy atom. The quantitative estimate of drug-likeness (QED) is 0.689. The first-order valence-electron chi connectivity index (χ1n) is 8.82. The van der Waals surface area contributed by atoms with Crippen molar-refractivity contribution in [3.05, 3.63) is 41.3 Å². The Labute approximate surface area is 150 Å². The average Bonchev–Trinajstić information content (AvgIpc) is 3.10. The van der Waals surface area contributed by atoms with E-state index in [0.717, 1.165) is 41.8 Å². The molecule has 25 heavy (non-hydrogen) atoms. The van der Waals surface area contributed by atoms with Crippen molar-refractivity contribution in [3.63, 3.8) is 0 Å². The van der Waals surface area contributed by atoms with Crippen molar-refractivity contribution in [1.82, 2.24) is 25.0 Å². The van der Waals surface area contributed by atoms with Crippen LogP contribution >= 0.6 is 0 Å². The summed E-state index contributed by atoms with van der Waals surface area (Å²) in [6.45, 7) is 11.5. The molecular formula is C19H28N6. The van der Waals surface area contributed by atoms with E-state index in [0.29, 0.717) is 12.0 Å². The zero-order valence-corrected chi connectivity index (χ0v) is 15.9. The number of aromatic nitrogens is 3. The highest BCUT2D eigenvalue weighted by atomic mass is 15.3. The minimum atomic E-state index is 0.362. The second kappa shape index (κ2) is 6.86. The SMILES string of the molecule is CN=C(NCc1ccc(-n2nc(C)cc2C)nc1)N1CCC(C)(C)C1. The molecule has 0 aromatic carbocycles. The molecule has 0 aliphatic carbocycles. The molecule has 0 unspecified atom stereocenters. The molecule has 3 heterocycles. The van der Waals surface area contributed by atoms with E-state index in [1.165, 1.54) is 6.42 Å². The Bertz CT molecular complexity index is 757. The van der Waals surface area contributed by atoms with Gasteiger partial charge in [0.05, 0.1) is 5.69 Å². The molecule has 6 heteroatoms. The molecule has 1 fully saturated rings. The normalized spacial score (nSPS) is 17.2. The van der Waals surface area contributed by atoms with Crippen LogP contribution in [0.15, 0.2) is 29.4 Å². The Kier molecular flexibility index (Phi) is 4.79. The molecule has 2 aromatic heterocycles. The summed E-state index contributed by atoms with van der Waals surface area (Å²) in [4.78, 5) is 11.3. The van der Waals surface area contributed by atoms with E-state index in [9.17, 15) is 0 Å². The van der Waals surface area contributed by atoms with E-state index in [1.54, 1.807) is 0 Å². The molecule has 1 aliphatic heterocycles. The zero-order valence-electron chi connectivity index (χ0n) is 15.9. The Hall–Kier alpha value is -2.37. The fraction of sp³-hybridized carbons (Fsp3) is 0.526. The maximum Gasteiger partial charge on any atom is 0.193 e. The summed E-state index contributed by atoms with van der Waals surface area (Å²) in [5, 5.41) is 7.93. The third-order valence-electron chi connectivity index (χ3n) is 4.68. The lowest BCUT2D eigenvalue weighted by atomic mass is 9.93. The highest BCUT2D eigenvalue weighted by molar-refractivity contribution is 5.80. The number of hydrogen-bond donors (Lipinski definition) is 1. The van der Waals surface area contributed by atoms with Gasteiger partial charge >= 0.3 is 0 Å². The summed E-state index contributed by atoms with van der Waals surface area (Å²) in [7, 11) is 1.85. The van der Waals surface area contributed by atoms with Crippen LogP contribution in [0.25, 0.3) is 5.82 Å². The topological polar surface area (TPSA) is 58.3 Å². The molecule has 0 radical (unpaired) electrons. The third-order valence-corrected chi connectivity index (χ3v) is 4.68. The van der Waals surface area contributed by atoms with Crippen molar-refractivity contribution in [3.8, 4) is 5.82 Å². The van der Waals surface area contributed by atoms with E-state index < -0.39 is 0 Å². The highest BCUT2D eigenvalue weighted by Gasteiger charge is 2.30. The number of pyridine rings is 1. The van der Waals surface area contributed by atoms with Crippen molar-refractivity contribution in [1.29, 1.82) is 0 Å². The maximum absolute atomic E-state index is 4.55. The van der Waals surface area contributed by atoms with Gasteiger partial charge in [-0.15, -0.1) is 0 Å². The van der Waals surface area contributed by atoms with Crippen LogP contribution in [0.2, 0.25) is 0 Å². The van der Waals surface area contributed by atoms with Gasteiger partial charge in [0.2, 0.25) is 0 Å². The smallest absolute Gasteiger partial charge is 0.193 e. The van der Waals surface area contributed by atoms with Crippen LogP contribution in [-0.4, -0.2) is 45.8 Å². The van der Waals surface area contributed by atoms with Crippen LogP contribution in [0.1, 0.15) is 37.2 Å². The van der Waals surface area contributed by atoms with Crippen molar-refractivity contribution in [2.24, 2.45) is 10.4 Å². The molecule has 134 valence electrons. The summed E-state index contributed by atoms with van der Waals surface area (Å²) < 4.78 is 1.87. The van der Waals surface area contributed by atoms with Gasteiger partial charge in [-0.05, 0) is 43.4 Å². The van der Waals surface area contributed by atoms with Crippen molar-refractivity contribution >= 4 is 5.96 Å². The predicted octanol–water partition coefficient (Wildman–Crippen LogP) is 2.69. The average molecular weight is 340 g/mol. The number of aryl methyl sites for hydroxylation is 2.